The molecule has 1 heterocycles. The molecule has 1 atom stereocenters. The monoisotopic (exact) mass is 289 g/mol. The summed E-state index contributed by atoms with van der Waals surface area (Å²) in [6.45, 7) is 0.840. The van der Waals surface area contributed by atoms with Crippen LogP contribution in [0.3, 0.4) is 0 Å². The van der Waals surface area contributed by atoms with Crippen molar-refractivity contribution in [1.82, 2.24) is 0 Å². The summed E-state index contributed by atoms with van der Waals surface area (Å²) in [6, 6.07) is 13.2. The van der Waals surface area contributed by atoms with Gasteiger partial charge in [-0.15, -0.1) is 11.8 Å². The van der Waals surface area contributed by atoms with E-state index in [1.807, 2.05) is 23.9 Å². The summed E-state index contributed by atoms with van der Waals surface area (Å²) < 4.78 is 19.5. The molecule has 0 aromatic heterocycles. The van der Waals surface area contributed by atoms with Crippen LogP contribution < -0.4 is 10.5 Å². The number of hydrogen-bond acceptors (Lipinski definition) is 3. The fraction of sp³-hybridized carbons (Fsp3) is 0.250. The molecule has 104 valence electrons. The normalized spacial score (nSPS) is 17.0. The third kappa shape index (κ3) is 2.67. The molecular formula is C16H16FNOS. The van der Waals surface area contributed by atoms with Gasteiger partial charge < -0.3 is 10.5 Å². The van der Waals surface area contributed by atoms with E-state index in [2.05, 4.69) is 12.1 Å². The van der Waals surface area contributed by atoms with Crippen molar-refractivity contribution in [3.05, 3.63) is 59.4 Å². The van der Waals surface area contributed by atoms with Crippen molar-refractivity contribution < 1.29 is 9.13 Å². The van der Waals surface area contributed by atoms with Crippen molar-refractivity contribution in [2.24, 2.45) is 5.73 Å². The second kappa shape index (κ2) is 5.85. The smallest absolute Gasteiger partial charge is 0.165 e. The summed E-state index contributed by atoms with van der Waals surface area (Å²) in [5.74, 6) is 1.27. The van der Waals surface area contributed by atoms with Crippen LogP contribution in [0.5, 0.6) is 5.75 Å². The van der Waals surface area contributed by atoms with Gasteiger partial charge in [0.15, 0.2) is 11.6 Å². The lowest BCUT2D eigenvalue weighted by atomic mass is 10.0. The maximum Gasteiger partial charge on any atom is 0.165 e. The number of benzene rings is 2. The Labute approximate surface area is 122 Å². The number of halogens is 1. The molecule has 2 aromatic carbocycles. The Morgan fingerprint density at radius 3 is 2.90 bits per heavy atom. The lowest BCUT2D eigenvalue weighted by Crippen LogP contribution is -2.10. The highest BCUT2D eigenvalue weighted by Crippen LogP contribution is 2.39. The molecule has 0 aliphatic carbocycles. The molecule has 0 saturated carbocycles. The molecule has 1 aliphatic heterocycles. The summed E-state index contributed by atoms with van der Waals surface area (Å²) >= 11 is 1.83. The predicted octanol–water partition coefficient (Wildman–Crippen LogP) is 3.55. The lowest BCUT2D eigenvalue weighted by molar-refractivity contribution is 0.284. The first-order valence-corrected chi connectivity index (χ1v) is 7.59. The minimum absolute atomic E-state index is 0.302. The highest BCUT2D eigenvalue weighted by molar-refractivity contribution is 7.99. The van der Waals surface area contributed by atoms with Crippen molar-refractivity contribution in [1.29, 1.82) is 0 Å². The molecule has 3 rings (SSSR count). The number of thioether (sulfide) groups is 1. The molecule has 4 heteroatoms. The third-order valence-corrected chi connectivity index (χ3v) is 4.72. The maximum atomic E-state index is 13.8. The molecule has 20 heavy (non-hydrogen) atoms. The number of nitrogens with two attached hydrogens (primary N) is 1. The second-order valence-electron chi connectivity index (χ2n) is 4.83. The zero-order chi connectivity index (χ0) is 13.9. The largest absolute Gasteiger partial charge is 0.490 e. The Morgan fingerprint density at radius 2 is 2.10 bits per heavy atom. The number of rotatable bonds is 4. The first-order valence-electron chi connectivity index (χ1n) is 6.61. The molecule has 2 nitrogen and oxygen atoms in total. The number of fused-ring (bicyclic) bond motifs is 1. The van der Waals surface area contributed by atoms with Gasteiger partial charge in [-0.05, 0) is 29.3 Å². The van der Waals surface area contributed by atoms with Gasteiger partial charge in [0.2, 0.25) is 0 Å². The van der Waals surface area contributed by atoms with Crippen LogP contribution in [0.15, 0.2) is 47.4 Å². The van der Waals surface area contributed by atoms with Crippen LogP contribution in [0.1, 0.15) is 17.0 Å². The van der Waals surface area contributed by atoms with Gasteiger partial charge in [-0.1, -0.05) is 24.3 Å². The second-order valence-corrected chi connectivity index (χ2v) is 5.89. The van der Waals surface area contributed by atoms with Gasteiger partial charge >= 0.3 is 0 Å². The van der Waals surface area contributed by atoms with E-state index in [-0.39, 0.29) is 5.82 Å². The van der Waals surface area contributed by atoms with Crippen LogP contribution in [0.25, 0.3) is 0 Å². The third-order valence-electron chi connectivity index (χ3n) is 3.47. The van der Waals surface area contributed by atoms with Crippen LogP contribution in [0.2, 0.25) is 0 Å². The number of ether oxygens (including phenoxy) is 1. The standard InChI is InChI=1S/C16H16FNOS/c17-14-7-11(8-18)5-6-15(14)19-9-12-10-20-16-4-2-1-3-13(12)16/h1-7,12H,8-10,18H2. The molecule has 0 saturated heterocycles. The van der Waals surface area contributed by atoms with Crippen LogP contribution in [-0.2, 0) is 6.54 Å². The molecular weight excluding hydrogens is 273 g/mol. The maximum absolute atomic E-state index is 13.8. The Kier molecular flexibility index (Phi) is 3.94. The van der Waals surface area contributed by atoms with E-state index in [9.17, 15) is 4.39 Å². The van der Waals surface area contributed by atoms with E-state index < -0.39 is 0 Å². The fourth-order valence-electron chi connectivity index (χ4n) is 2.35. The summed E-state index contributed by atoms with van der Waals surface area (Å²) in [5.41, 5.74) is 7.56. The Hall–Kier alpha value is -1.52. The van der Waals surface area contributed by atoms with E-state index >= 15 is 0 Å². The summed E-state index contributed by atoms with van der Waals surface area (Å²) in [5, 5.41) is 0. The summed E-state index contributed by atoms with van der Waals surface area (Å²) in [6.07, 6.45) is 0. The van der Waals surface area contributed by atoms with Gasteiger partial charge in [0, 0.05) is 23.1 Å². The first-order chi connectivity index (χ1) is 9.78. The van der Waals surface area contributed by atoms with Crippen LogP contribution in [0.4, 0.5) is 4.39 Å². The minimum atomic E-state index is -0.341. The minimum Gasteiger partial charge on any atom is -0.490 e. The van der Waals surface area contributed by atoms with E-state index in [0.717, 1.165) is 11.3 Å². The van der Waals surface area contributed by atoms with Gasteiger partial charge in [-0.2, -0.15) is 0 Å². The fourth-order valence-corrected chi connectivity index (χ4v) is 3.58. The quantitative estimate of drug-likeness (QED) is 0.935. The molecule has 0 radical (unpaired) electrons. The average Bonchev–Trinajstić information content (AvgIpc) is 2.89. The highest BCUT2D eigenvalue weighted by atomic mass is 32.2. The molecule has 0 amide bonds. The zero-order valence-corrected chi connectivity index (χ0v) is 11.8. The summed E-state index contributed by atoms with van der Waals surface area (Å²) in [4.78, 5) is 1.31. The number of hydrogen-bond donors (Lipinski definition) is 1. The first kappa shape index (κ1) is 13.5. The molecule has 0 bridgehead atoms. The van der Waals surface area contributed by atoms with Crippen molar-refractivity contribution >= 4 is 11.8 Å². The Balaban J connectivity index is 1.69. The van der Waals surface area contributed by atoms with Gasteiger partial charge in [0.1, 0.15) is 0 Å². The molecule has 2 aromatic rings. The van der Waals surface area contributed by atoms with Crippen LogP contribution in [-0.4, -0.2) is 12.4 Å². The predicted molar refractivity (Wildman–Crippen MR) is 79.7 cm³/mol. The highest BCUT2D eigenvalue weighted by Gasteiger charge is 2.23. The van der Waals surface area contributed by atoms with E-state index in [1.165, 1.54) is 16.5 Å². The molecule has 0 fully saturated rings. The van der Waals surface area contributed by atoms with Gasteiger partial charge in [0.25, 0.3) is 0 Å². The van der Waals surface area contributed by atoms with Gasteiger partial charge in [-0.25, -0.2) is 4.39 Å². The SMILES string of the molecule is NCc1ccc(OCC2CSc3ccccc32)c(F)c1. The Morgan fingerprint density at radius 1 is 1.25 bits per heavy atom. The van der Waals surface area contributed by atoms with Crippen molar-refractivity contribution in [2.45, 2.75) is 17.4 Å². The topological polar surface area (TPSA) is 35.2 Å². The van der Waals surface area contributed by atoms with Crippen molar-refractivity contribution in [3.63, 3.8) is 0 Å². The molecule has 1 aliphatic rings. The molecule has 0 spiro atoms. The molecule has 2 N–H and O–H groups in total. The lowest BCUT2D eigenvalue weighted by Gasteiger charge is -2.13. The Bertz CT molecular complexity index is 617. The summed E-state index contributed by atoms with van der Waals surface area (Å²) in [7, 11) is 0. The van der Waals surface area contributed by atoms with Crippen molar-refractivity contribution in [2.75, 3.05) is 12.4 Å². The van der Waals surface area contributed by atoms with Crippen LogP contribution in [0, 0.1) is 5.82 Å². The van der Waals surface area contributed by atoms with E-state index in [4.69, 9.17) is 10.5 Å². The van der Waals surface area contributed by atoms with Crippen molar-refractivity contribution in [3.8, 4) is 5.75 Å². The van der Waals surface area contributed by atoms with E-state index in [0.29, 0.717) is 24.8 Å². The van der Waals surface area contributed by atoms with Crippen LogP contribution >= 0.6 is 11.8 Å². The average molecular weight is 289 g/mol. The van der Waals surface area contributed by atoms with Gasteiger partial charge in [-0.3, -0.25) is 0 Å². The van der Waals surface area contributed by atoms with E-state index in [1.54, 1.807) is 12.1 Å². The molecule has 1 unspecified atom stereocenters. The van der Waals surface area contributed by atoms with Gasteiger partial charge in [0.05, 0.1) is 6.61 Å². The zero-order valence-electron chi connectivity index (χ0n) is 11.0.